The highest BCUT2D eigenvalue weighted by atomic mass is 16.5. The van der Waals surface area contributed by atoms with E-state index < -0.39 is 0 Å². The lowest BCUT2D eigenvalue weighted by Crippen LogP contribution is -2.17. The maximum absolute atomic E-state index is 7.65. The zero-order valence-electron chi connectivity index (χ0n) is 11.4. The van der Waals surface area contributed by atoms with Crippen LogP contribution in [0.5, 0.6) is 11.8 Å². The summed E-state index contributed by atoms with van der Waals surface area (Å²) in [5.41, 5.74) is 8.40. The van der Waals surface area contributed by atoms with E-state index >= 15 is 0 Å². The molecule has 2 heterocycles. The van der Waals surface area contributed by atoms with Crippen molar-refractivity contribution in [3.8, 4) is 11.8 Å². The van der Waals surface area contributed by atoms with Crippen LogP contribution in [0.15, 0.2) is 6.07 Å². The smallest absolute Gasteiger partial charge is 0.251 e. The van der Waals surface area contributed by atoms with Gasteiger partial charge in [0.25, 0.3) is 5.88 Å². The average Bonchev–Trinajstić information content (AvgIpc) is 2.62. The van der Waals surface area contributed by atoms with Gasteiger partial charge in [-0.1, -0.05) is 0 Å². The molecule has 100 valence electrons. The summed E-state index contributed by atoms with van der Waals surface area (Å²) in [6.45, 7) is 5.51. The van der Waals surface area contributed by atoms with Gasteiger partial charge in [-0.05, 0) is 26.3 Å². The van der Waals surface area contributed by atoms with Crippen LogP contribution < -0.4 is 10.5 Å². The lowest BCUT2D eigenvalue weighted by molar-refractivity contribution is 0.408. The molecule has 0 unspecified atom stereocenters. The Morgan fingerprint density at radius 1 is 1.32 bits per heavy atom. The van der Waals surface area contributed by atoms with Gasteiger partial charge in [-0.2, -0.15) is 10.2 Å². The van der Waals surface area contributed by atoms with Crippen LogP contribution in [0.2, 0.25) is 0 Å². The van der Waals surface area contributed by atoms with E-state index in [4.69, 9.17) is 15.9 Å². The van der Waals surface area contributed by atoms with Crippen molar-refractivity contribution in [3.63, 3.8) is 0 Å². The number of nitrogens with zero attached hydrogens (tertiary/aromatic N) is 4. The highest BCUT2D eigenvalue weighted by Gasteiger charge is 2.17. The van der Waals surface area contributed by atoms with E-state index in [-0.39, 0.29) is 11.7 Å². The molecule has 3 N–H and O–H groups in total. The van der Waals surface area contributed by atoms with Gasteiger partial charge in [0.1, 0.15) is 5.84 Å². The number of hydrogen-bond donors (Lipinski definition) is 2. The zero-order valence-corrected chi connectivity index (χ0v) is 11.4. The normalized spacial score (nSPS) is 10.5. The number of hydrogen-bond acceptors (Lipinski definition) is 5. The number of ether oxygens (including phenoxy) is 1. The number of nitrogens with two attached hydrogens (primary N) is 1. The molecule has 0 atom stereocenters. The van der Waals surface area contributed by atoms with Crippen LogP contribution in [0.4, 0.5) is 0 Å². The highest BCUT2D eigenvalue weighted by molar-refractivity contribution is 5.98. The Morgan fingerprint density at radius 3 is 2.53 bits per heavy atom. The summed E-state index contributed by atoms with van der Waals surface area (Å²) in [6.07, 6.45) is 0. The zero-order chi connectivity index (χ0) is 14.2. The fourth-order valence-electron chi connectivity index (χ4n) is 1.76. The molecule has 0 aliphatic carbocycles. The minimum atomic E-state index is -0.0932. The molecular formula is C12H16N6O. The predicted molar refractivity (Wildman–Crippen MR) is 70.5 cm³/mol. The van der Waals surface area contributed by atoms with Crippen LogP contribution in [-0.4, -0.2) is 25.8 Å². The van der Waals surface area contributed by atoms with Gasteiger partial charge in [0.2, 0.25) is 5.88 Å². The van der Waals surface area contributed by atoms with Gasteiger partial charge < -0.3 is 10.5 Å². The molecule has 0 spiro atoms. The van der Waals surface area contributed by atoms with Crippen molar-refractivity contribution < 1.29 is 4.74 Å². The van der Waals surface area contributed by atoms with Crippen LogP contribution >= 0.6 is 0 Å². The molecule has 7 nitrogen and oxygen atoms in total. The Kier molecular flexibility index (Phi) is 3.20. The fourth-order valence-corrected chi connectivity index (χ4v) is 1.76. The minimum absolute atomic E-state index is 0.0932. The third-order valence-corrected chi connectivity index (χ3v) is 2.85. The summed E-state index contributed by atoms with van der Waals surface area (Å²) in [6, 6.07) is 1.78. The van der Waals surface area contributed by atoms with Gasteiger partial charge in [0.15, 0.2) is 0 Å². The third kappa shape index (κ3) is 2.40. The Hall–Kier alpha value is -2.44. The van der Waals surface area contributed by atoms with E-state index in [0.717, 1.165) is 17.0 Å². The van der Waals surface area contributed by atoms with Crippen molar-refractivity contribution in [3.05, 3.63) is 28.6 Å². The van der Waals surface area contributed by atoms with E-state index in [1.807, 2.05) is 20.8 Å². The van der Waals surface area contributed by atoms with Gasteiger partial charge >= 0.3 is 0 Å². The van der Waals surface area contributed by atoms with Crippen molar-refractivity contribution in [1.82, 2.24) is 20.0 Å². The van der Waals surface area contributed by atoms with Gasteiger partial charge in [-0.15, -0.1) is 5.10 Å². The molecule has 2 aromatic heterocycles. The molecule has 0 saturated heterocycles. The Labute approximate surface area is 110 Å². The second-order valence-corrected chi connectivity index (χ2v) is 4.35. The largest absolute Gasteiger partial charge is 0.419 e. The first-order chi connectivity index (χ1) is 8.90. The van der Waals surface area contributed by atoms with Crippen LogP contribution in [-0.2, 0) is 7.05 Å². The number of aromatic nitrogens is 4. The van der Waals surface area contributed by atoms with E-state index in [1.54, 1.807) is 17.8 Å². The standard InChI is InChI=1S/C12H16N6O/c1-6-5-9(18(4)17-6)19-12-10(11(13)14)7(2)8(3)15-16-12/h5H,1-4H3,(H3,13,14). The summed E-state index contributed by atoms with van der Waals surface area (Å²) in [4.78, 5) is 0. The van der Waals surface area contributed by atoms with Gasteiger partial charge in [0, 0.05) is 13.1 Å². The predicted octanol–water partition coefficient (Wildman–Crippen LogP) is 1.21. The molecule has 0 saturated carbocycles. The molecule has 7 heteroatoms. The van der Waals surface area contributed by atoms with Crippen molar-refractivity contribution in [2.45, 2.75) is 20.8 Å². The molecule has 0 fully saturated rings. The van der Waals surface area contributed by atoms with E-state index in [9.17, 15) is 0 Å². The maximum atomic E-state index is 7.65. The molecule has 0 amide bonds. The molecule has 19 heavy (non-hydrogen) atoms. The highest BCUT2D eigenvalue weighted by Crippen LogP contribution is 2.25. The summed E-state index contributed by atoms with van der Waals surface area (Å²) >= 11 is 0. The van der Waals surface area contributed by atoms with Gasteiger partial charge in [-0.25, -0.2) is 4.68 Å². The second kappa shape index (κ2) is 4.68. The van der Waals surface area contributed by atoms with Crippen LogP contribution in [0.1, 0.15) is 22.5 Å². The monoisotopic (exact) mass is 260 g/mol. The molecule has 2 rings (SSSR count). The number of aryl methyl sites for hydroxylation is 3. The van der Waals surface area contributed by atoms with Crippen LogP contribution in [0.3, 0.4) is 0 Å². The summed E-state index contributed by atoms with van der Waals surface area (Å²) < 4.78 is 7.26. The van der Waals surface area contributed by atoms with E-state index in [2.05, 4.69) is 15.3 Å². The minimum Gasteiger partial charge on any atom is -0.419 e. The van der Waals surface area contributed by atoms with Crippen LogP contribution in [0, 0.1) is 26.2 Å². The molecule has 0 radical (unpaired) electrons. The summed E-state index contributed by atoms with van der Waals surface area (Å²) in [5.74, 6) is 0.653. The molecule has 2 aromatic rings. The average molecular weight is 260 g/mol. The molecule has 0 aromatic carbocycles. The molecule has 0 aliphatic heterocycles. The SMILES string of the molecule is Cc1cc(Oc2nnc(C)c(C)c2C(=N)N)n(C)n1. The van der Waals surface area contributed by atoms with Crippen molar-refractivity contribution in [2.24, 2.45) is 12.8 Å². The summed E-state index contributed by atoms with van der Waals surface area (Å²) in [7, 11) is 1.77. The lowest BCUT2D eigenvalue weighted by Gasteiger charge is -2.11. The van der Waals surface area contributed by atoms with Crippen LogP contribution in [0.25, 0.3) is 0 Å². The Balaban J connectivity index is 2.49. The molecule has 0 bridgehead atoms. The van der Waals surface area contributed by atoms with Crippen molar-refractivity contribution in [1.29, 1.82) is 5.41 Å². The topological polar surface area (TPSA) is 103 Å². The lowest BCUT2D eigenvalue weighted by atomic mass is 10.1. The third-order valence-electron chi connectivity index (χ3n) is 2.85. The fraction of sp³-hybridized carbons (Fsp3) is 0.333. The van der Waals surface area contributed by atoms with E-state index in [0.29, 0.717) is 11.4 Å². The number of nitrogen functional groups attached to an aromatic ring is 1. The van der Waals surface area contributed by atoms with Gasteiger partial charge in [0.05, 0.1) is 17.0 Å². The number of nitrogens with one attached hydrogen (secondary N) is 1. The number of amidine groups is 1. The first-order valence-corrected chi connectivity index (χ1v) is 5.77. The molecule has 0 aliphatic rings. The molecular weight excluding hydrogens is 244 g/mol. The van der Waals surface area contributed by atoms with Crippen molar-refractivity contribution in [2.75, 3.05) is 0 Å². The maximum Gasteiger partial charge on any atom is 0.251 e. The quantitative estimate of drug-likeness (QED) is 0.637. The number of rotatable bonds is 3. The Morgan fingerprint density at radius 2 is 2.00 bits per heavy atom. The Bertz CT molecular complexity index is 646. The second-order valence-electron chi connectivity index (χ2n) is 4.35. The summed E-state index contributed by atoms with van der Waals surface area (Å²) in [5, 5.41) is 19.8. The first-order valence-electron chi connectivity index (χ1n) is 5.77. The van der Waals surface area contributed by atoms with Crippen molar-refractivity contribution >= 4 is 5.84 Å². The van der Waals surface area contributed by atoms with Gasteiger partial charge in [-0.3, -0.25) is 5.41 Å². The van der Waals surface area contributed by atoms with E-state index in [1.165, 1.54) is 0 Å². The first kappa shape index (κ1) is 13.0.